The summed E-state index contributed by atoms with van der Waals surface area (Å²) >= 11 is 0. The van der Waals surface area contributed by atoms with E-state index < -0.39 is 6.86 Å². The van der Waals surface area contributed by atoms with Gasteiger partial charge in [-0.2, -0.15) is 0 Å². The summed E-state index contributed by atoms with van der Waals surface area (Å²) in [5, 5.41) is 3.13. The van der Waals surface area contributed by atoms with Crippen molar-refractivity contribution in [2.75, 3.05) is 18.7 Å². The summed E-state index contributed by atoms with van der Waals surface area (Å²) in [6.45, 7) is 2.12. The third-order valence-electron chi connectivity index (χ3n) is 1.46. The van der Waals surface area contributed by atoms with Gasteiger partial charge in [0.1, 0.15) is 5.75 Å². The highest BCUT2D eigenvalue weighted by atomic mass is 19.1. The molecule has 0 heterocycles. The molecule has 0 spiro atoms. The lowest BCUT2D eigenvalue weighted by atomic mass is 10.3. The third kappa shape index (κ3) is 2.42. The zero-order valence-corrected chi connectivity index (χ0v) is 7.01. The fraction of sp³-hybridized carbons (Fsp3) is 0.333. The van der Waals surface area contributed by atoms with Gasteiger partial charge in [0.05, 0.1) is 0 Å². The maximum absolute atomic E-state index is 11.7. The molecule has 0 saturated heterocycles. The Morgan fingerprint density at radius 2 is 2.00 bits per heavy atom. The van der Waals surface area contributed by atoms with Crippen LogP contribution < -0.4 is 10.1 Å². The van der Waals surface area contributed by atoms with Gasteiger partial charge in [0.2, 0.25) is 6.86 Å². The van der Waals surface area contributed by atoms with Gasteiger partial charge in [-0.05, 0) is 31.2 Å². The molecule has 0 saturated carbocycles. The van der Waals surface area contributed by atoms with Gasteiger partial charge in [0.15, 0.2) is 0 Å². The van der Waals surface area contributed by atoms with Crippen LogP contribution in [0, 0.1) is 0 Å². The molecule has 1 rings (SSSR count). The minimum atomic E-state index is -0.777. The maximum atomic E-state index is 11.7. The smallest absolute Gasteiger partial charge is 0.228 e. The molecule has 0 aliphatic carbocycles. The first-order valence-electron chi connectivity index (χ1n) is 3.89. The van der Waals surface area contributed by atoms with Gasteiger partial charge in [-0.25, -0.2) is 4.39 Å². The lowest BCUT2D eigenvalue weighted by molar-refractivity contribution is 0.192. The number of alkyl halides is 1. The molecule has 0 amide bonds. The van der Waals surface area contributed by atoms with Crippen LogP contribution in [0.1, 0.15) is 6.92 Å². The molecular formula is C9H12FNO. The van der Waals surface area contributed by atoms with Gasteiger partial charge >= 0.3 is 0 Å². The van der Waals surface area contributed by atoms with Crippen molar-refractivity contribution < 1.29 is 9.13 Å². The third-order valence-corrected chi connectivity index (χ3v) is 1.46. The molecule has 0 aliphatic heterocycles. The summed E-state index contributed by atoms with van der Waals surface area (Å²) in [6.07, 6.45) is 0. The molecule has 0 radical (unpaired) electrons. The Labute approximate surface area is 71.4 Å². The summed E-state index contributed by atoms with van der Waals surface area (Å²) < 4.78 is 16.3. The number of benzene rings is 1. The number of anilines is 1. The second kappa shape index (κ2) is 4.59. The highest BCUT2D eigenvalue weighted by molar-refractivity contribution is 5.46. The van der Waals surface area contributed by atoms with Gasteiger partial charge in [0.25, 0.3) is 0 Å². The molecule has 0 unspecified atom stereocenters. The highest BCUT2D eigenvalue weighted by Gasteiger charge is 1.92. The van der Waals surface area contributed by atoms with E-state index in [9.17, 15) is 4.39 Å². The normalized spacial score (nSPS) is 9.50. The lowest BCUT2D eigenvalue weighted by Gasteiger charge is -2.04. The van der Waals surface area contributed by atoms with E-state index in [2.05, 4.69) is 10.1 Å². The Hall–Kier alpha value is -1.25. The van der Waals surface area contributed by atoms with E-state index in [-0.39, 0.29) is 0 Å². The van der Waals surface area contributed by atoms with E-state index in [0.29, 0.717) is 5.75 Å². The van der Waals surface area contributed by atoms with Crippen molar-refractivity contribution in [2.45, 2.75) is 6.92 Å². The van der Waals surface area contributed by atoms with E-state index in [1.165, 1.54) is 0 Å². The molecule has 0 aromatic heterocycles. The van der Waals surface area contributed by atoms with E-state index in [1.54, 1.807) is 12.1 Å². The van der Waals surface area contributed by atoms with Gasteiger partial charge in [0, 0.05) is 12.2 Å². The summed E-state index contributed by atoms with van der Waals surface area (Å²) in [5.74, 6) is 0.555. The Balaban J connectivity index is 2.58. The molecule has 0 aliphatic rings. The molecule has 66 valence electrons. The number of rotatable bonds is 4. The van der Waals surface area contributed by atoms with Gasteiger partial charge in [-0.3, -0.25) is 0 Å². The van der Waals surface area contributed by atoms with Crippen LogP contribution in [-0.4, -0.2) is 13.4 Å². The molecular weight excluding hydrogens is 157 g/mol. The molecule has 1 N–H and O–H groups in total. The van der Waals surface area contributed by atoms with E-state index in [0.717, 1.165) is 12.2 Å². The quantitative estimate of drug-likeness (QED) is 0.747. The molecule has 3 heteroatoms. The molecule has 2 nitrogen and oxygen atoms in total. The van der Waals surface area contributed by atoms with Crippen molar-refractivity contribution in [1.82, 2.24) is 0 Å². The molecule has 0 atom stereocenters. The second-order valence-corrected chi connectivity index (χ2v) is 2.31. The van der Waals surface area contributed by atoms with Crippen molar-refractivity contribution in [1.29, 1.82) is 0 Å². The number of hydrogen-bond donors (Lipinski definition) is 1. The van der Waals surface area contributed by atoms with Crippen LogP contribution in [0.4, 0.5) is 10.1 Å². The maximum Gasteiger partial charge on any atom is 0.228 e. The minimum absolute atomic E-state index is 0.555. The minimum Gasteiger partial charge on any atom is -0.463 e. The van der Waals surface area contributed by atoms with Crippen LogP contribution in [-0.2, 0) is 0 Å². The first kappa shape index (κ1) is 8.84. The van der Waals surface area contributed by atoms with Crippen LogP contribution >= 0.6 is 0 Å². The molecule has 0 bridgehead atoms. The fourth-order valence-electron chi connectivity index (χ4n) is 0.936. The molecule has 1 aromatic rings. The first-order chi connectivity index (χ1) is 5.86. The van der Waals surface area contributed by atoms with Crippen molar-refractivity contribution in [3.8, 4) is 5.75 Å². The van der Waals surface area contributed by atoms with Crippen molar-refractivity contribution >= 4 is 5.69 Å². The van der Waals surface area contributed by atoms with Crippen LogP contribution in [0.25, 0.3) is 0 Å². The average Bonchev–Trinajstić information content (AvgIpc) is 2.09. The fourth-order valence-corrected chi connectivity index (χ4v) is 0.936. The van der Waals surface area contributed by atoms with E-state index in [1.807, 2.05) is 19.1 Å². The van der Waals surface area contributed by atoms with Gasteiger partial charge in [-0.1, -0.05) is 0 Å². The highest BCUT2D eigenvalue weighted by Crippen LogP contribution is 2.15. The number of hydrogen-bond acceptors (Lipinski definition) is 2. The summed E-state index contributed by atoms with van der Waals surface area (Å²) in [7, 11) is 0. The number of nitrogens with one attached hydrogen (secondary N) is 1. The second-order valence-electron chi connectivity index (χ2n) is 2.31. The molecule has 1 aromatic carbocycles. The van der Waals surface area contributed by atoms with Crippen molar-refractivity contribution in [2.24, 2.45) is 0 Å². The SMILES string of the molecule is CCNc1ccc(OCF)cc1. The van der Waals surface area contributed by atoms with Crippen LogP contribution in [0.5, 0.6) is 5.75 Å². The van der Waals surface area contributed by atoms with Crippen molar-refractivity contribution in [3.05, 3.63) is 24.3 Å². The van der Waals surface area contributed by atoms with Gasteiger partial charge in [-0.15, -0.1) is 0 Å². The monoisotopic (exact) mass is 169 g/mol. The number of halogens is 1. The van der Waals surface area contributed by atoms with Crippen LogP contribution in [0.15, 0.2) is 24.3 Å². The lowest BCUT2D eigenvalue weighted by Crippen LogP contribution is -1.96. The first-order valence-corrected chi connectivity index (χ1v) is 3.89. The van der Waals surface area contributed by atoms with Crippen molar-refractivity contribution in [3.63, 3.8) is 0 Å². The van der Waals surface area contributed by atoms with E-state index >= 15 is 0 Å². The summed E-state index contributed by atoms with van der Waals surface area (Å²) in [5.41, 5.74) is 1.02. The Bertz CT molecular complexity index is 197. The molecule has 12 heavy (non-hydrogen) atoms. The average molecular weight is 169 g/mol. The zero-order chi connectivity index (χ0) is 8.81. The Morgan fingerprint density at radius 3 is 2.50 bits per heavy atom. The Kier molecular flexibility index (Phi) is 3.38. The Morgan fingerprint density at radius 1 is 1.33 bits per heavy atom. The van der Waals surface area contributed by atoms with E-state index in [4.69, 9.17) is 0 Å². The summed E-state index contributed by atoms with van der Waals surface area (Å²) in [4.78, 5) is 0. The summed E-state index contributed by atoms with van der Waals surface area (Å²) in [6, 6.07) is 7.18. The van der Waals surface area contributed by atoms with Crippen LogP contribution in [0.2, 0.25) is 0 Å². The topological polar surface area (TPSA) is 21.3 Å². The van der Waals surface area contributed by atoms with Gasteiger partial charge < -0.3 is 10.1 Å². The predicted octanol–water partition coefficient (Wildman–Crippen LogP) is 2.42. The standard InChI is InChI=1S/C9H12FNO/c1-2-11-8-3-5-9(6-4-8)12-7-10/h3-6,11H,2,7H2,1H3. The molecule has 0 fully saturated rings. The largest absolute Gasteiger partial charge is 0.463 e. The zero-order valence-electron chi connectivity index (χ0n) is 7.01. The predicted molar refractivity (Wildman–Crippen MR) is 47.2 cm³/mol. The van der Waals surface area contributed by atoms with Crippen LogP contribution in [0.3, 0.4) is 0 Å². The number of ether oxygens (including phenoxy) is 1.